The maximum atomic E-state index is 12.2. The van der Waals surface area contributed by atoms with Crippen LogP contribution in [0, 0.1) is 0 Å². The second kappa shape index (κ2) is 10.7. The molecule has 0 heterocycles. The fourth-order valence-corrected chi connectivity index (χ4v) is 4.14. The van der Waals surface area contributed by atoms with Crippen molar-refractivity contribution in [1.82, 2.24) is 15.4 Å². The lowest BCUT2D eigenvalue weighted by Crippen LogP contribution is -2.41. The van der Waals surface area contributed by atoms with E-state index in [1.807, 2.05) is 12.1 Å². The molecule has 0 aromatic heterocycles. The molecule has 1 aliphatic carbocycles. The first-order chi connectivity index (χ1) is 12.9. The largest absolute Gasteiger partial charge is 0.354 e. The second-order valence-electron chi connectivity index (χ2n) is 7.36. The summed E-state index contributed by atoms with van der Waals surface area (Å²) >= 11 is 0. The third-order valence-corrected chi connectivity index (χ3v) is 6.23. The lowest BCUT2D eigenvalue weighted by Gasteiger charge is -2.18. The Morgan fingerprint density at radius 1 is 1.19 bits per heavy atom. The monoisotopic (exact) mass is 394 g/mol. The summed E-state index contributed by atoms with van der Waals surface area (Å²) < 4.78 is 27.1. The zero-order chi connectivity index (χ0) is 19.7. The molecule has 0 aliphatic heterocycles. The maximum absolute atomic E-state index is 12.2. The van der Waals surface area contributed by atoms with Gasteiger partial charge in [-0.3, -0.25) is 4.99 Å². The van der Waals surface area contributed by atoms with Crippen molar-refractivity contribution in [2.24, 2.45) is 4.99 Å². The molecule has 1 fully saturated rings. The number of rotatable bonds is 11. The summed E-state index contributed by atoms with van der Waals surface area (Å²) in [5, 5.41) is 6.70. The van der Waals surface area contributed by atoms with Crippen molar-refractivity contribution in [3.63, 3.8) is 0 Å². The summed E-state index contributed by atoms with van der Waals surface area (Å²) in [6, 6.07) is 7.50. The van der Waals surface area contributed by atoms with Crippen LogP contribution in [0.4, 0.5) is 0 Å². The van der Waals surface area contributed by atoms with Gasteiger partial charge in [-0.25, -0.2) is 13.1 Å². The minimum Gasteiger partial charge on any atom is -0.354 e. The predicted octanol–water partition coefficient (Wildman–Crippen LogP) is 3.15. The second-order valence-corrected chi connectivity index (χ2v) is 9.07. The first kappa shape index (κ1) is 21.7. The van der Waals surface area contributed by atoms with Crippen LogP contribution < -0.4 is 15.4 Å². The van der Waals surface area contributed by atoms with Crippen molar-refractivity contribution in [3.05, 3.63) is 29.8 Å². The Morgan fingerprint density at radius 2 is 1.89 bits per heavy atom. The van der Waals surface area contributed by atoms with Crippen LogP contribution in [0.15, 0.2) is 34.2 Å². The average molecular weight is 395 g/mol. The van der Waals surface area contributed by atoms with Gasteiger partial charge in [0.05, 0.1) is 4.90 Å². The van der Waals surface area contributed by atoms with Gasteiger partial charge in [0.25, 0.3) is 0 Å². The lowest BCUT2D eigenvalue weighted by molar-refractivity contribution is 0.537. The lowest BCUT2D eigenvalue weighted by atomic mass is 10.1. The van der Waals surface area contributed by atoms with E-state index in [4.69, 9.17) is 0 Å². The summed E-state index contributed by atoms with van der Waals surface area (Å²) in [7, 11) is -1.62. The van der Waals surface area contributed by atoms with E-state index in [-0.39, 0.29) is 6.04 Å². The van der Waals surface area contributed by atoms with Crippen LogP contribution in [0.25, 0.3) is 0 Å². The number of nitrogens with one attached hydrogen (secondary N) is 3. The Bertz CT molecular complexity index is 697. The summed E-state index contributed by atoms with van der Waals surface area (Å²) in [6.07, 6.45) is 8.04. The molecule has 0 spiro atoms. The minimum atomic E-state index is -3.39. The van der Waals surface area contributed by atoms with Gasteiger partial charge >= 0.3 is 0 Å². The van der Waals surface area contributed by atoms with Gasteiger partial charge in [0, 0.05) is 25.7 Å². The Hall–Kier alpha value is -1.60. The first-order valence-corrected chi connectivity index (χ1v) is 11.5. The molecule has 1 aromatic rings. The normalized spacial score (nSPS) is 16.2. The third kappa shape index (κ3) is 7.89. The van der Waals surface area contributed by atoms with Gasteiger partial charge in [-0.1, -0.05) is 44.7 Å². The van der Waals surface area contributed by atoms with Crippen molar-refractivity contribution in [1.29, 1.82) is 0 Å². The highest BCUT2D eigenvalue weighted by Gasteiger charge is 2.27. The van der Waals surface area contributed by atoms with Crippen LogP contribution >= 0.6 is 0 Å². The van der Waals surface area contributed by atoms with Crippen LogP contribution in [0.2, 0.25) is 0 Å². The number of hydrogen-bond donors (Lipinski definition) is 3. The zero-order valence-corrected chi connectivity index (χ0v) is 17.6. The third-order valence-electron chi connectivity index (χ3n) is 4.69. The van der Waals surface area contributed by atoms with E-state index in [0.717, 1.165) is 30.8 Å². The number of nitrogens with zero attached hydrogens (tertiary/aromatic N) is 1. The van der Waals surface area contributed by atoms with E-state index in [1.165, 1.54) is 25.7 Å². The van der Waals surface area contributed by atoms with Gasteiger partial charge in [-0.2, -0.15) is 0 Å². The Kier molecular flexibility index (Phi) is 8.57. The Morgan fingerprint density at radius 3 is 2.48 bits per heavy atom. The molecule has 0 saturated heterocycles. The Labute approximate surface area is 164 Å². The SMILES string of the molecule is CCCCCCC(C)NC(=NC)NCc1ccc(S(=O)(=O)NC2CC2)cc1. The van der Waals surface area contributed by atoms with Crippen molar-refractivity contribution >= 4 is 16.0 Å². The van der Waals surface area contributed by atoms with Crippen molar-refractivity contribution < 1.29 is 8.42 Å². The van der Waals surface area contributed by atoms with E-state index >= 15 is 0 Å². The molecule has 1 saturated carbocycles. The summed E-state index contributed by atoms with van der Waals surface area (Å²) in [5.74, 6) is 0.769. The van der Waals surface area contributed by atoms with Crippen LogP contribution in [0.1, 0.15) is 64.4 Å². The molecule has 6 nitrogen and oxygen atoms in total. The van der Waals surface area contributed by atoms with Crippen LogP contribution in [0.3, 0.4) is 0 Å². The minimum absolute atomic E-state index is 0.120. The molecule has 0 radical (unpaired) electrons. The molecular weight excluding hydrogens is 360 g/mol. The smallest absolute Gasteiger partial charge is 0.240 e. The molecule has 0 bridgehead atoms. The number of sulfonamides is 1. The predicted molar refractivity (Wildman–Crippen MR) is 111 cm³/mol. The zero-order valence-electron chi connectivity index (χ0n) is 16.8. The summed E-state index contributed by atoms with van der Waals surface area (Å²) in [5.41, 5.74) is 1.01. The number of unbranched alkanes of at least 4 members (excludes halogenated alkanes) is 3. The van der Waals surface area contributed by atoms with E-state index in [0.29, 0.717) is 17.5 Å². The van der Waals surface area contributed by atoms with Gasteiger partial charge < -0.3 is 10.6 Å². The Balaban J connectivity index is 1.78. The molecule has 2 rings (SSSR count). The quantitative estimate of drug-likeness (QED) is 0.306. The van der Waals surface area contributed by atoms with Crippen LogP contribution in [-0.2, 0) is 16.6 Å². The molecule has 1 aromatic carbocycles. The maximum Gasteiger partial charge on any atom is 0.240 e. The fraction of sp³-hybridized carbons (Fsp3) is 0.650. The van der Waals surface area contributed by atoms with Crippen molar-refractivity contribution in [2.75, 3.05) is 7.05 Å². The van der Waals surface area contributed by atoms with E-state index < -0.39 is 10.0 Å². The molecule has 3 N–H and O–H groups in total. The van der Waals surface area contributed by atoms with Gasteiger partial charge in [-0.05, 0) is 43.9 Å². The molecule has 1 atom stereocenters. The molecular formula is C20H34N4O2S. The van der Waals surface area contributed by atoms with Gasteiger partial charge in [-0.15, -0.1) is 0 Å². The highest BCUT2D eigenvalue weighted by molar-refractivity contribution is 7.89. The summed E-state index contributed by atoms with van der Waals surface area (Å²) in [4.78, 5) is 4.59. The van der Waals surface area contributed by atoms with Gasteiger partial charge in [0.15, 0.2) is 5.96 Å². The topological polar surface area (TPSA) is 82.6 Å². The standard InChI is InChI=1S/C20H34N4O2S/c1-4-5-6-7-8-16(2)23-20(21-3)22-15-17-9-13-19(14-10-17)27(25,26)24-18-11-12-18/h9-10,13-14,16,18,24H,4-8,11-12,15H2,1-3H3,(H2,21,22,23). The number of benzene rings is 1. The molecule has 27 heavy (non-hydrogen) atoms. The fourth-order valence-electron chi connectivity index (χ4n) is 2.84. The number of aliphatic imine (C=N–C) groups is 1. The molecule has 0 amide bonds. The number of hydrogen-bond acceptors (Lipinski definition) is 3. The van der Waals surface area contributed by atoms with Crippen molar-refractivity contribution in [2.45, 2.75) is 82.3 Å². The molecule has 1 aliphatic rings. The number of guanidine groups is 1. The summed E-state index contributed by atoms with van der Waals surface area (Å²) in [6.45, 7) is 4.99. The van der Waals surface area contributed by atoms with E-state index in [9.17, 15) is 8.42 Å². The molecule has 152 valence electrons. The van der Waals surface area contributed by atoms with Gasteiger partial charge in [0.1, 0.15) is 0 Å². The van der Waals surface area contributed by atoms with E-state index in [2.05, 4.69) is 34.2 Å². The highest BCUT2D eigenvalue weighted by atomic mass is 32.2. The molecule has 7 heteroatoms. The van der Waals surface area contributed by atoms with Crippen molar-refractivity contribution in [3.8, 4) is 0 Å². The molecule has 1 unspecified atom stereocenters. The van der Waals surface area contributed by atoms with Crippen LogP contribution in [-0.4, -0.2) is 33.5 Å². The van der Waals surface area contributed by atoms with E-state index in [1.54, 1.807) is 19.2 Å². The van der Waals surface area contributed by atoms with Crippen LogP contribution in [0.5, 0.6) is 0 Å². The van der Waals surface area contributed by atoms with Gasteiger partial charge in [0.2, 0.25) is 10.0 Å². The average Bonchev–Trinajstić information content (AvgIpc) is 3.46. The first-order valence-electron chi connectivity index (χ1n) is 10.0. The highest BCUT2D eigenvalue weighted by Crippen LogP contribution is 2.22.